The lowest BCUT2D eigenvalue weighted by Crippen LogP contribution is -2.65. The highest BCUT2D eigenvalue weighted by atomic mass is 16.8. The molecule has 326 valence electrons. The molecule has 0 amide bonds. The van der Waals surface area contributed by atoms with Crippen LogP contribution in [0.2, 0.25) is 0 Å². The van der Waals surface area contributed by atoms with Crippen molar-refractivity contribution in [3.63, 3.8) is 0 Å². The van der Waals surface area contributed by atoms with Gasteiger partial charge in [0.15, 0.2) is 30.9 Å². The minimum Gasteiger partial charge on any atom is -0.481 e. The lowest BCUT2D eigenvalue weighted by atomic mass is 9.91. The molecule has 29 heteroatoms. The predicted octanol–water partition coefficient (Wildman–Crippen LogP) is -11.7. The highest BCUT2D eigenvalue weighted by molar-refractivity contribution is 5.91. The first kappa shape index (κ1) is 52.3. The van der Waals surface area contributed by atoms with Gasteiger partial charge in [-0.05, 0) is 0 Å². The van der Waals surface area contributed by atoms with Crippen LogP contribution in [0.3, 0.4) is 0 Å². The van der Waals surface area contributed by atoms with Gasteiger partial charge in [0.1, 0.15) is 73.2 Å². The van der Waals surface area contributed by atoms with Crippen molar-refractivity contribution in [1.29, 1.82) is 0 Å². The van der Waals surface area contributed by atoms with Gasteiger partial charge in [-0.15, -0.1) is 0 Å². The fourth-order valence-electron chi connectivity index (χ4n) is 4.27. The Balaban J connectivity index is 7.35. The van der Waals surface area contributed by atoms with Crippen LogP contribution in [0, 0.1) is 0 Å². The molecule has 0 aliphatic heterocycles. The summed E-state index contributed by atoms with van der Waals surface area (Å²) >= 11 is 0. The van der Waals surface area contributed by atoms with Crippen molar-refractivity contribution in [2.45, 2.75) is 110 Å². The molecule has 0 saturated carbocycles. The zero-order valence-electron chi connectivity index (χ0n) is 28.3. The summed E-state index contributed by atoms with van der Waals surface area (Å²) in [7, 11) is 0. The van der Waals surface area contributed by atoms with Gasteiger partial charge >= 0.3 is 41.6 Å². The zero-order valence-corrected chi connectivity index (χ0v) is 28.3. The number of hydrogen-bond donors (Lipinski definition) is 18. The monoisotopic (exact) mass is 840 g/mol. The topological polar surface area (TPSA) is 528 Å². The van der Waals surface area contributed by atoms with E-state index in [4.69, 9.17) is 20.1 Å². The first-order chi connectivity index (χ1) is 26.1. The molecule has 0 bridgehead atoms. The van der Waals surface area contributed by atoms with Crippen LogP contribution in [0.4, 0.5) is 0 Å². The third kappa shape index (κ3) is 14.3. The number of ether oxygens (including phenoxy) is 3. The minimum atomic E-state index is -4.33. The number of esters is 2. The molecule has 57 heavy (non-hydrogen) atoms. The molecule has 29 nitrogen and oxygen atoms in total. The SMILES string of the molecule is O=C[C@@H](O)[C@@H](O)[C@H](O)[C@H](O)[C@@H](O)[C@@H](O)[C@H](OC(=O)/C=C\C(=O)O)[C@@](C=O)(OC(=O)[C@H](O)[C@@H](O)[C@H](O)[C@H](O)[C@@H](O)[C@@H](O)[C@H](O)[C@H](O)C(=O)O)OC(CC(=O)O)C(=O)O. The van der Waals surface area contributed by atoms with E-state index in [1.165, 1.54) is 0 Å². The van der Waals surface area contributed by atoms with E-state index >= 15 is 0 Å². The molecule has 0 heterocycles. The Morgan fingerprint density at radius 1 is 0.526 bits per heavy atom. The molecule has 0 spiro atoms. The van der Waals surface area contributed by atoms with Crippen molar-refractivity contribution in [1.82, 2.24) is 0 Å². The van der Waals surface area contributed by atoms with E-state index < -0.39 is 158 Å². The maximum Gasteiger partial charge on any atom is 0.340 e. The van der Waals surface area contributed by atoms with E-state index in [1.54, 1.807) is 0 Å². The summed E-state index contributed by atoms with van der Waals surface area (Å²) < 4.78 is 13.9. The van der Waals surface area contributed by atoms with Gasteiger partial charge < -0.3 is 111 Å². The van der Waals surface area contributed by atoms with Crippen LogP contribution in [0.25, 0.3) is 0 Å². The largest absolute Gasteiger partial charge is 0.481 e. The Morgan fingerprint density at radius 3 is 1.33 bits per heavy atom. The number of rotatable bonds is 27. The summed E-state index contributed by atoms with van der Waals surface area (Å²) in [6.07, 6.45) is -51.9. The molecule has 17 atom stereocenters. The molecule has 0 saturated heterocycles. The normalized spacial score (nSPS) is 21.4. The van der Waals surface area contributed by atoms with E-state index in [9.17, 15) is 115 Å². The lowest BCUT2D eigenvalue weighted by Gasteiger charge is -2.41. The number of aliphatic hydroxyl groups excluding tert-OH is 14. The molecular weight excluding hydrogens is 800 g/mol. The van der Waals surface area contributed by atoms with Gasteiger partial charge in [0.25, 0.3) is 0 Å². The smallest absolute Gasteiger partial charge is 0.340 e. The molecule has 0 aromatic rings. The molecule has 0 aliphatic rings. The second-order valence-electron chi connectivity index (χ2n) is 11.6. The van der Waals surface area contributed by atoms with E-state index in [0.717, 1.165) is 0 Å². The second kappa shape index (κ2) is 22.9. The fourth-order valence-corrected chi connectivity index (χ4v) is 4.27. The molecule has 0 fully saturated rings. The van der Waals surface area contributed by atoms with E-state index in [2.05, 4.69) is 9.47 Å². The van der Waals surface area contributed by atoms with E-state index in [0.29, 0.717) is 0 Å². The van der Waals surface area contributed by atoms with Gasteiger partial charge in [0.2, 0.25) is 6.10 Å². The quantitative estimate of drug-likeness (QED) is 0.0158. The number of carbonyl (C=O) groups is 8. The lowest BCUT2D eigenvalue weighted by molar-refractivity contribution is -0.294. The summed E-state index contributed by atoms with van der Waals surface area (Å²) in [6.45, 7) is 0. The molecule has 0 aromatic heterocycles. The summed E-state index contributed by atoms with van der Waals surface area (Å²) in [5.41, 5.74) is 0. The van der Waals surface area contributed by atoms with Crippen LogP contribution < -0.4 is 0 Å². The molecule has 0 aliphatic carbocycles. The fraction of sp³-hybridized carbons (Fsp3) is 0.643. The second-order valence-corrected chi connectivity index (χ2v) is 11.6. The Morgan fingerprint density at radius 2 is 0.947 bits per heavy atom. The molecule has 0 aromatic carbocycles. The number of aliphatic carboxylic acids is 4. The molecule has 1 unspecified atom stereocenters. The number of carboxylic acid groups (broad SMARTS) is 4. The molecular formula is C28H40O29. The minimum absolute atomic E-state index is 0.0164. The van der Waals surface area contributed by atoms with Gasteiger partial charge in [-0.25, -0.2) is 24.0 Å². The van der Waals surface area contributed by atoms with Crippen LogP contribution in [0.1, 0.15) is 6.42 Å². The maximum absolute atomic E-state index is 13.1. The van der Waals surface area contributed by atoms with Gasteiger partial charge in [-0.2, -0.15) is 0 Å². The first-order valence-electron chi connectivity index (χ1n) is 15.3. The highest BCUT2D eigenvalue weighted by Crippen LogP contribution is 2.30. The summed E-state index contributed by atoms with van der Waals surface area (Å²) in [4.78, 5) is 94.2. The number of aliphatic hydroxyl groups is 14. The van der Waals surface area contributed by atoms with Crippen molar-refractivity contribution in [2.75, 3.05) is 0 Å². The third-order valence-electron chi connectivity index (χ3n) is 7.48. The summed E-state index contributed by atoms with van der Waals surface area (Å²) in [5.74, 6) is -17.6. The van der Waals surface area contributed by atoms with Crippen molar-refractivity contribution < 1.29 is 144 Å². The van der Waals surface area contributed by atoms with Crippen molar-refractivity contribution in [3.8, 4) is 0 Å². The van der Waals surface area contributed by atoms with Crippen molar-refractivity contribution >= 4 is 48.4 Å². The predicted molar refractivity (Wildman–Crippen MR) is 164 cm³/mol. The molecule has 0 radical (unpaired) electrons. The van der Waals surface area contributed by atoms with Crippen LogP contribution in [0.5, 0.6) is 0 Å². The number of carbonyl (C=O) groups excluding carboxylic acids is 4. The highest BCUT2D eigenvalue weighted by Gasteiger charge is 2.57. The van der Waals surface area contributed by atoms with Gasteiger partial charge in [0, 0.05) is 12.2 Å². The van der Waals surface area contributed by atoms with Crippen LogP contribution >= 0.6 is 0 Å². The van der Waals surface area contributed by atoms with Crippen molar-refractivity contribution in [2.24, 2.45) is 0 Å². The summed E-state index contributed by atoms with van der Waals surface area (Å²) in [6, 6.07) is 0. The zero-order chi connectivity index (χ0) is 44.9. The molecule has 0 rings (SSSR count). The summed E-state index contributed by atoms with van der Waals surface area (Å²) in [5, 5.41) is 178. The van der Waals surface area contributed by atoms with Gasteiger partial charge in [0.05, 0.1) is 6.42 Å². The Labute approximate surface area is 315 Å². The molecule has 18 N–H and O–H groups in total. The van der Waals surface area contributed by atoms with E-state index in [-0.39, 0.29) is 12.2 Å². The van der Waals surface area contributed by atoms with Crippen LogP contribution in [0.15, 0.2) is 12.2 Å². The standard InChI is InChI=1S/C28H40O29/c29-4-6(31)11(37)12(38)13(39)18(44)21(47)24(55-10(36)2-1-8(32)33)28(5-30,56-7(25(50)51)3-9(34)35)57-27(54)23(49)20(46)17(43)15(41)14(40)16(42)19(45)22(48)26(52)53/h1-2,4-7,11-24,31,37-49H,3H2,(H,32,33)(H,34,35)(H,50,51)(H,52,53)/b2-1-/t6-,7?,11-,12+,13+,14-,15-,16-,17-,18-,19+,20+,21-,22+,23-,24+,28-/m1/s1. The Kier molecular flexibility index (Phi) is 21.0. The average molecular weight is 841 g/mol. The number of aldehydes is 2. The van der Waals surface area contributed by atoms with E-state index in [1.807, 2.05) is 0 Å². The van der Waals surface area contributed by atoms with Crippen LogP contribution in [-0.4, -0.2) is 244 Å². The third-order valence-corrected chi connectivity index (χ3v) is 7.48. The number of hydrogen-bond acceptors (Lipinski definition) is 25. The van der Waals surface area contributed by atoms with Crippen LogP contribution in [-0.2, 0) is 52.6 Å². The Bertz CT molecular complexity index is 1430. The van der Waals surface area contributed by atoms with Crippen molar-refractivity contribution in [3.05, 3.63) is 12.2 Å². The Hall–Kier alpha value is -4.70. The first-order valence-corrected chi connectivity index (χ1v) is 15.3. The number of carboxylic acids is 4. The van der Waals surface area contributed by atoms with Gasteiger partial charge in [-0.1, -0.05) is 0 Å². The van der Waals surface area contributed by atoms with Gasteiger partial charge in [-0.3, -0.25) is 9.59 Å². The average Bonchev–Trinajstić information content (AvgIpc) is 3.16. The maximum atomic E-state index is 13.1.